The number of aliphatic hydroxyl groups excluding tert-OH is 1. The van der Waals surface area contributed by atoms with Gasteiger partial charge >= 0.3 is 0 Å². The summed E-state index contributed by atoms with van der Waals surface area (Å²) in [7, 11) is 0. The molecule has 0 aliphatic heterocycles. The van der Waals surface area contributed by atoms with Gasteiger partial charge in [0, 0.05) is 10.0 Å². The first kappa shape index (κ1) is 12.2. The monoisotopic (exact) mass is 294 g/mol. The van der Waals surface area contributed by atoms with Crippen molar-refractivity contribution in [1.82, 2.24) is 0 Å². The molecule has 0 saturated heterocycles. The number of hydrogen-bond acceptors (Lipinski definition) is 3. The maximum Gasteiger partial charge on any atom is 0.185 e. The van der Waals surface area contributed by atoms with E-state index in [2.05, 4.69) is 15.9 Å². The smallest absolute Gasteiger partial charge is 0.185 e. The first-order valence-corrected chi connectivity index (χ1v) is 6.04. The van der Waals surface area contributed by atoms with Gasteiger partial charge in [0.15, 0.2) is 11.6 Å². The molecular weight excluding hydrogens is 284 g/mol. The Bertz CT molecular complexity index is 519. The van der Waals surface area contributed by atoms with E-state index in [1.807, 2.05) is 6.07 Å². The molecule has 88 valence electrons. The third-order valence-electron chi connectivity index (χ3n) is 2.87. The Balaban J connectivity index is 2.48. The summed E-state index contributed by atoms with van der Waals surface area (Å²) in [5, 5.41) is 9.51. The van der Waals surface area contributed by atoms with Crippen LogP contribution in [0.25, 0.3) is 5.57 Å². The molecule has 0 amide bonds. The van der Waals surface area contributed by atoms with E-state index >= 15 is 0 Å². The van der Waals surface area contributed by atoms with Crippen LogP contribution in [0.4, 0.5) is 0 Å². The lowest BCUT2D eigenvalue weighted by atomic mass is 9.83. The van der Waals surface area contributed by atoms with Crippen molar-refractivity contribution in [3.63, 3.8) is 0 Å². The van der Waals surface area contributed by atoms with Gasteiger partial charge in [0.25, 0.3) is 0 Å². The molecule has 1 aliphatic rings. The van der Waals surface area contributed by atoms with Crippen molar-refractivity contribution in [3.05, 3.63) is 40.4 Å². The van der Waals surface area contributed by atoms with E-state index in [-0.39, 0.29) is 5.78 Å². The molecule has 0 heterocycles. The van der Waals surface area contributed by atoms with E-state index < -0.39 is 17.8 Å². The number of rotatable bonds is 1. The third-order valence-corrected chi connectivity index (χ3v) is 3.36. The minimum absolute atomic E-state index is 0.199. The summed E-state index contributed by atoms with van der Waals surface area (Å²) >= 11 is 3.32. The second kappa shape index (κ2) is 4.55. The second-order valence-electron chi connectivity index (χ2n) is 4.07. The van der Waals surface area contributed by atoms with Gasteiger partial charge in [-0.2, -0.15) is 0 Å². The molecule has 1 N–H and O–H groups in total. The number of benzene rings is 1. The fraction of sp³-hybridized carbons (Fsp3) is 0.231. The van der Waals surface area contributed by atoms with Crippen LogP contribution in [0.5, 0.6) is 0 Å². The SMILES string of the molecule is C[C@@H]1C(=O)C(c2cccc(Br)c2)=CC(=O)[C@@H]1O. The van der Waals surface area contributed by atoms with Crippen LogP contribution in [0.15, 0.2) is 34.8 Å². The molecular formula is C13H11BrO3. The van der Waals surface area contributed by atoms with Crippen molar-refractivity contribution in [2.75, 3.05) is 0 Å². The summed E-state index contributed by atoms with van der Waals surface area (Å²) < 4.78 is 0.843. The van der Waals surface area contributed by atoms with Gasteiger partial charge in [-0.25, -0.2) is 0 Å². The summed E-state index contributed by atoms with van der Waals surface area (Å²) in [4.78, 5) is 23.5. The van der Waals surface area contributed by atoms with Gasteiger partial charge in [-0.15, -0.1) is 0 Å². The molecule has 0 radical (unpaired) electrons. The molecule has 1 aliphatic carbocycles. The maximum absolute atomic E-state index is 12.0. The molecule has 0 aromatic heterocycles. The van der Waals surface area contributed by atoms with Gasteiger partial charge in [0.2, 0.25) is 0 Å². The first-order valence-electron chi connectivity index (χ1n) is 5.24. The molecule has 0 saturated carbocycles. The minimum Gasteiger partial charge on any atom is -0.384 e. The second-order valence-corrected chi connectivity index (χ2v) is 4.98. The number of carbonyl (C=O) groups is 2. The molecule has 0 fully saturated rings. The Hall–Kier alpha value is -1.26. The lowest BCUT2D eigenvalue weighted by Crippen LogP contribution is -2.36. The number of ketones is 2. The Morgan fingerprint density at radius 1 is 1.29 bits per heavy atom. The van der Waals surface area contributed by atoms with E-state index in [1.54, 1.807) is 25.1 Å². The number of aliphatic hydroxyl groups is 1. The number of allylic oxidation sites excluding steroid dienone is 1. The van der Waals surface area contributed by atoms with Gasteiger partial charge in [0.1, 0.15) is 6.10 Å². The van der Waals surface area contributed by atoms with Crippen molar-refractivity contribution < 1.29 is 14.7 Å². The molecule has 2 atom stereocenters. The Kier molecular flexibility index (Phi) is 3.26. The van der Waals surface area contributed by atoms with Gasteiger partial charge in [0.05, 0.1) is 5.92 Å². The standard InChI is InChI=1S/C13H11BrO3/c1-7-12(16)10(6-11(15)13(7)17)8-3-2-4-9(14)5-8/h2-7,13,17H,1H3/t7-,13-/m1/s1. The van der Waals surface area contributed by atoms with Gasteiger partial charge in [-0.1, -0.05) is 35.0 Å². The lowest BCUT2D eigenvalue weighted by Gasteiger charge is -2.22. The predicted molar refractivity (Wildman–Crippen MR) is 67.3 cm³/mol. The van der Waals surface area contributed by atoms with E-state index in [4.69, 9.17) is 0 Å². The van der Waals surface area contributed by atoms with Crippen LogP contribution in [-0.4, -0.2) is 22.8 Å². The lowest BCUT2D eigenvalue weighted by molar-refractivity contribution is -0.132. The van der Waals surface area contributed by atoms with E-state index in [0.29, 0.717) is 11.1 Å². The Morgan fingerprint density at radius 3 is 2.65 bits per heavy atom. The summed E-state index contributed by atoms with van der Waals surface area (Å²) in [6.45, 7) is 1.57. The highest BCUT2D eigenvalue weighted by Crippen LogP contribution is 2.27. The summed E-state index contributed by atoms with van der Waals surface area (Å²) in [5.41, 5.74) is 1.06. The summed E-state index contributed by atoms with van der Waals surface area (Å²) in [5.74, 6) is -1.29. The highest BCUT2D eigenvalue weighted by atomic mass is 79.9. The van der Waals surface area contributed by atoms with Crippen LogP contribution in [0.3, 0.4) is 0 Å². The number of carbonyl (C=O) groups excluding carboxylic acids is 2. The zero-order valence-electron chi connectivity index (χ0n) is 9.18. The number of halogens is 1. The van der Waals surface area contributed by atoms with Crippen LogP contribution in [0, 0.1) is 5.92 Å². The predicted octanol–water partition coefficient (Wildman–Crippen LogP) is 1.98. The zero-order chi connectivity index (χ0) is 12.6. The molecule has 4 heteroatoms. The molecule has 3 nitrogen and oxygen atoms in total. The third kappa shape index (κ3) is 2.23. The largest absolute Gasteiger partial charge is 0.384 e. The van der Waals surface area contributed by atoms with Crippen LogP contribution in [-0.2, 0) is 9.59 Å². The normalized spacial score (nSPS) is 24.8. The van der Waals surface area contributed by atoms with Crippen LogP contribution in [0.2, 0.25) is 0 Å². The van der Waals surface area contributed by atoms with Gasteiger partial charge in [-0.05, 0) is 23.8 Å². The minimum atomic E-state index is -1.21. The first-order chi connectivity index (χ1) is 8.00. The molecule has 0 spiro atoms. The van der Waals surface area contributed by atoms with E-state index in [0.717, 1.165) is 4.47 Å². The van der Waals surface area contributed by atoms with Crippen LogP contribution >= 0.6 is 15.9 Å². The zero-order valence-corrected chi connectivity index (χ0v) is 10.8. The average molecular weight is 295 g/mol. The van der Waals surface area contributed by atoms with Crippen molar-refractivity contribution in [2.45, 2.75) is 13.0 Å². The molecule has 1 aromatic carbocycles. The maximum atomic E-state index is 12.0. The van der Waals surface area contributed by atoms with Crippen LogP contribution < -0.4 is 0 Å². The van der Waals surface area contributed by atoms with Gasteiger partial charge < -0.3 is 5.11 Å². The molecule has 1 aromatic rings. The Labute approximate surface area is 107 Å². The van der Waals surface area contributed by atoms with E-state index in [1.165, 1.54) is 6.08 Å². The summed E-state index contributed by atoms with van der Waals surface area (Å²) in [6, 6.07) is 7.19. The van der Waals surface area contributed by atoms with Gasteiger partial charge in [-0.3, -0.25) is 9.59 Å². The fourth-order valence-electron chi connectivity index (χ4n) is 1.82. The molecule has 0 bridgehead atoms. The topological polar surface area (TPSA) is 54.4 Å². The quantitative estimate of drug-likeness (QED) is 0.862. The van der Waals surface area contributed by atoms with Crippen molar-refractivity contribution in [1.29, 1.82) is 0 Å². The molecule has 17 heavy (non-hydrogen) atoms. The number of hydrogen-bond donors (Lipinski definition) is 1. The average Bonchev–Trinajstić information content (AvgIpc) is 2.31. The van der Waals surface area contributed by atoms with Crippen molar-refractivity contribution in [3.8, 4) is 0 Å². The number of Topliss-reactive ketones (excluding diaryl/α,β-unsaturated/α-hetero) is 1. The molecule has 2 rings (SSSR count). The molecule has 0 unspecified atom stereocenters. The van der Waals surface area contributed by atoms with Crippen molar-refractivity contribution >= 4 is 33.1 Å². The highest BCUT2D eigenvalue weighted by Gasteiger charge is 2.34. The summed E-state index contributed by atoms with van der Waals surface area (Å²) in [6.07, 6.45) is 0.0211. The van der Waals surface area contributed by atoms with Crippen molar-refractivity contribution in [2.24, 2.45) is 5.92 Å². The Morgan fingerprint density at radius 2 is 2.00 bits per heavy atom. The fourth-order valence-corrected chi connectivity index (χ4v) is 2.21. The van der Waals surface area contributed by atoms with Crippen LogP contribution in [0.1, 0.15) is 12.5 Å². The highest BCUT2D eigenvalue weighted by molar-refractivity contribution is 9.10. The van der Waals surface area contributed by atoms with E-state index in [9.17, 15) is 14.7 Å².